The minimum atomic E-state index is -0.399. The maximum Gasteiger partial charge on any atom is 0.406 e. The molecule has 0 aliphatic heterocycles. The van der Waals surface area contributed by atoms with Gasteiger partial charge in [0.15, 0.2) is 0 Å². The Labute approximate surface area is 118 Å². The number of amides is 1. The first-order chi connectivity index (χ1) is 9.19. The minimum Gasteiger partial charge on any atom is -0.449 e. The first-order valence-electron chi connectivity index (χ1n) is 6.54. The van der Waals surface area contributed by atoms with Gasteiger partial charge in [-0.1, -0.05) is 23.7 Å². The summed E-state index contributed by atoms with van der Waals surface area (Å²) in [6.45, 7) is 1.17. The van der Waals surface area contributed by atoms with Gasteiger partial charge in [-0.2, -0.15) is 0 Å². The van der Waals surface area contributed by atoms with Crippen LogP contribution in [0.2, 0.25) is 5.02 Å². The second kappa shape index (κ2) is 6.78. The van der Waals surface area contributed by atoms with Crippen LogP contribution >= 0.6 is 11.6 Å². The molecule has 19 heavy (non-hydrogen) atoms. The molecule has 1 fully saturated rings. The summed E-state index contributed by atoms with van der Waals surface area (Å²) in [6.07, 6.45) is 2.82. The number of halogens is 1. The average Bonchev–Trinajstić information content (AvgIpc) is 3.23. The van der Waals surface area contributed by atoms with Crippen molar-refractivity contribution in [2.75, 3.05) is 13.7 Å². The fourth-order valence-corrected chi connectivity index (χ4v) is 1.98. The molecule has 4 nitrogen and oxygen atoms in total. The predicted octanol–water partition coefficient (Wildman–Crippen LogP) is 2.49. The second-order valence-corrected chi connectivity index (χ2v) is 5.12. The largest absolute Gasteiger partial charge is 0.449 e. The quantitative estimate of drug-likeness (QED) is 0.843. The van der Waals surface area contributed by atoms with Crippen LogP contribution in [-0.2, 0) is 17.7 Å². The molecule has 2 rings (SSSR count). The first-order valence-corrected chi connectivity index (χ1v) is 6.92. The van der Waals surface area contributed by atoms with E-state index < -0.39 is 6.09 Å². The number of alkyl carbamates (subject to hydrolysis) is 1. The van der Waals surface area contributed by atoms with Gasteiger partial charge in [0.25, 0.3) is 0 Å². The molecule has 0 saturated heterocycles. The van der Waals surface area contributed by atoms with E-state index in [2.05, 4.69) is 16.7 Å². The molecular weight excluding hydrogens is 264 g/mol. The van der Waals surface area contributed by atoms with Crippen molar-refractivity contribution in [3.8, 4) is 0 Å². The lowest BCUT2D eigenvalue weighted by Crippen LogP contribution is -2.20. The van der Waals surface area contributed by atoms with Crippen molar-refractivity contribution in [2.45, 2.75) is 31.8 Å². The molecule has 1 aliphatic rings. The number of hydrogen-bond acceptors (Lipinski definition) is 3. The van der Waals surface area contributed by atoms with Crippen LogP contribution < -0.4 is 10.6 Å². The molecular formula is C14H19ClN2O2. The van der Waals surface area contributed by atoms with Crippen molar-refractivity contribution in [1.29, 1.82) is 0 Å². The van der Waals surface area contributed by atoms with Crippen LogP contribution in [0.15, 0.2) is 18.2 Å². The zero-order valence-corrected chi connectivity index (χ0v) is 11.8. The second-order valence-electron chi connectivity index (χ2n) is 4.72. The van der Waals surface area contributed by atoms with Crippen molar-refractivity contribution < 1.29 is 9.53 Å². The summed E-state index contributed by atoms with van der Waals surface area (Å²) in [7, 11) is 1.55. The summed E-state index contributed by atoms with van der Waals surface area (Å²) in [5.41, 5.74) is 2.23. The molecule has 1 aromatic carbocycles. The van der Waals surface area contributed by atoms with Crippen molar-refractivity contribution in [3.05, 3.63) is 34.3 Å². The van der Waals surface area contributed by atoms with Gasteiger partial charge in [0.2, 0.25) is 0 Å². The molecule has 1 aliphatic carbocycles. The number of carbonyl (C=O) groups excluding carboxylic acids is 1. The number of rotatable bonds is 6. The number of ether oxygens (including phenoxy) is 1. The topological polar surface area (TPSA) is 50.4 Å². The van der Waals surface area contributed by atoms with Gasteiger partial charge in [0.05, 0.1) is 6.61 Å². The molecule has 1 saturated carbocycles. The van der Waals surface area contributed by atoms with Gasteiger partial charge in [-0.05, 0) is 30.0 Å². The van der Waals surface area contributed by atoms with E-state index in [9.17, 15) is 4.79 Å². The van der Waals surface area contributed by atoms with Crippen LogP contribution in [0.3, 0.4) is 0 Å². The van der Waals surface area contributed by atoms with Gasteiger partial charge in [0.1, 0.15) is 0 Å². The molecule has 0 bridgehead atoms. The third-order valence-electron chi connectivity index (χ3n) is 3.10. The van der Waals surface area contributed by atoms with Gasteiger partial charge >= 0.3 is 6.09 Å². The van der Waals surface area contributed by atoms with Gasteiger partial charge in [-0.3, -0.25) is 0 Å². The summed E-state index contributed by atoms with van der Waals surface area (Å²) < 4.78 is 4.97. The van der Waals surface area contributed by atoms with E-state index in [1.165, 1.54) is 12.8 Å². The molecule has 0 aromatic heterocycles. The molecule has 1 aromatic rings. The minimum absolute atomic E-state index is 0.372. The molecule has 1 amide bonds. The van der Waals surface area contributed by atoms with Crippen LogP contribution in [-0.4, -0.2) is 25.8 Å². The maximum absolute atomic E-state index is 10.9. The van der Waals surface area contributed by atoms with E-state index in [0.29, 0.717) is 19.1 Å². The molecule has 2 N–H and O–H groups in total. The summed E-state index contributed by atoms with van der Waals surface area (Å²) in [4.78, 5) is 10.9. The van der Waals surface area contributed by atoms with Gasteiger partial charge in [-0.15, -0.1) is 0 Å². The van der Waals surface area contributed by atoms with Gasteiger partial charge in [-0.25, -0.2) is 4.79 Å². The highest BCUT2D eigenvalue weighted by molar-refractivity contribution is 6.31. The first kappa shape index (κ1) is 14.2. The van der Waals surface area contributed by atoms with Crippen LogP contribution in [0.5, 0.6) is 0 Å². The summed E-state index contributed by atoms with van der Waals surface area (Å²) in [6, 6.07) is 6.61. The molecule has 0 radical (unpaired) electrons. The summed E-state index contributed by atoms with van der Waals surface area (Å²) in [5.74, 6) is 0. The van der Waals surface area contributed by atoms with E-state index in [-0.39, 0.29) is 0 Å². The maximum atomic E-state index is 10.9. The zero-order valence-electron chi connectivity index (χ0n) is 11.0. The lowest BCUT2D eigenvalue weighted by Gasteiger charge is -2.09. The van der Waals surface area contributed by atoms with E-state index in [1.54, 1.807) is 7.05 Å². The number of hydrogen-bond donors (Lipinski definition) is 2. The molecule has 5 heteroatoms. The van der Waals surface area contributed by atoms with Crippen molar-refractivity contribution in [3.63, 3.8) is 0 Å². The fourth-order valence-electron chi connectivity index (χ4n) is 1.79. The Kier molecular flexibility index (Phi) is 5.05. The Morgan fingerprint density at radius 2 is 2.26 bits per heavy atom. The van der Waals surface area contributed by atoms with Crippen molar-refractivity contribution in [1.82, 2.24) is 10.6 Å². The molecule has 0 spiro atoms. The van der Waals surface area contributed by atoms with Gasteiger partial charge in [0, 0.05) is 31.1 Å². The van der Waals surface area contributed by atoms with Crippen LogP contribution in [0.4, 0.5) is 4.79 Å². The van der Waals surface area contributed by atoms with Crippen molar-refractivity contribution in [2.24, 2.45) is 0 Å². The van der Waals surface area contributed by atoms with E-state index in [0.717, 1.165) is 22.7 Å². The van der Waals surface area contributed by atoms with E-state index in [1.807, 2.05) is 12.1 Å². The standard InChI is InChI=1S/C14H19ClN2O2/c1-16-14(18)19-7-6-10-2-5-13(15)11(8-10)9-17-12-3-4-12/h2,5,8,12,17H,3-4,6-7,9H2,1H3,(H,16,18). The third kappa shape index (κ3) is 4.73. The SMILES string of the molecule is CNC(=O)OCCc1ccc(Cl)c(CNC2CC2)c1. The molecule has 0 unspecified atom stereocenters. The van der Waals surface area contributed by atoms with Crippen LogP contribution in [0.1, 0.15) is 24.0 Å². The highest BCUT2D eigenvalue weighted by Gasteiger charge is 2.20. The van der Waals surface area contributed by atoms with Crippen LogP contribution in [0, 0.1) is 0 Å². The highest BCUT2D eigenvalue weighted by atomic mass is 35.5. The number of nitrogens with one attached hydrogen (secondary N) is 2. The highest BCUT2D eigenvalue weighted by Crippen LogP contribution is 2.22. The Morgan fingerprint density at radius 3 is 2.95 bits per heavy atom. The number of carbonyl (C=O) groups is 1. The summed E-state index contributed by atoms with van der Waals surface area (Å²) in [5, 5.41) is 6.65. The Bertz CT molecular complexity index is 447. The average molecular weight is 283 g/mol. The molecule has 0 atom stereocenters. The van der Waals surface area contributed by atoms with E-state index in [4.69, 9.17) is 16.3 Å². The predicted molar refractivity (Wildman–Crippen MR) is 75.4 cm³/mol. The third-order valence-corrected chi connectivity index (χ3v) is 3.47. The lowest BCUT2D eigenvalue weighted by molar-refractivity contribution is 0.150. The monoisotopic (exact) mass is 282 g/mol. The molecule has 104 valence electrons. The number of benzene rings is 1. The normalized spacial score (nSPS) is 14.2. The zero-order chi connectivity index (χ0) is 13.7. The molecule has 0 heterocycles. The van der Waals surface area contributed by atoms with Crippen LogP contribution in [0.25, 0.3) is 0 Å². The summed E-state index contributed by atoms with van der Waals surface area (Å²) >= 11 is 6.17. The Morgan fingerprint density at radius 1 is 1.47 bits per heavy atom. The van der Waals surface area contributed by atoms with Crippen molar-refractivity contribution >= 4 is 17.7 Å². The van der Waals surface area contributed by atoms with Gasteiger partial charge < -0.3 is 15.4 Å². The Balaban J connectivity index is 1.85. The smallest absolute Gasteiger partial charge is 0.406 e. The lowest BCUT2D eigenvalue weighted by atomic mass is 10.1. The van der Waals surface area contributed by atoms with E-state index >= 15 is 0 Å². The fraction of sp³-hybridized carbons (Fsp3) is 0.500. The Hall–Kier alpha value is -1.26.